The Morgan fingerprint density at radius 1 is 1.50 bits per heavy atom. The number of hydrogen-bond donors (Lipinski definition) is 2. The SMILES string of the molecule is O=C(O)c1cc(C#CCCO)ncn1. The Kier molecular flexibility index (Phi) is 3.58. The zero-order valence-corrected chi connectivity index (χ0v) is 7.27. The van der Waals surface area contributed by atoms with Crippen LogP contribution in [0.25, 0.3) is 0 Å². The minimum absolute atomic E-state index is 0.0239. The molecule has 0 aliphatic carbocycles. The third kappa shape index (κ3) is 2.84. The second-order valence-electron chi connectivity index (χ2n) is 2.37. The third-order valence-corrected chi connectivity index (χ3v) is 1.34. The van der Waals surface area contributed by atoms with Crippen LogP contribution in [0.15, 0.2) is 12.4 Å². The van der Waals surface area contributed by atoms with E-state index in [0.29, 0.717) is 12.1 Å². The maximum Gasteiger partial charge on any atom is 0.354 e. The molecule has 72 valence electrons. The lowest BCUT2D eigenvalue weighted by molar-refractivity contribution is 0.0690. The molecule has 1 aromatic heterocycles. The molecule has 2 N–H and O–H groups in total. The Balaban J connectivity index is 2.85. The molecule has 1 heterocycles. The number of carboxylic acid groups (broad SMARTS) is 1. The average molecular weight is 192 g/mol. The number of nitrogens with zero attached hydrogens (tertiary/aromatic N) is 2. The molecule has 14 heavy (non-hydrogen) atoms. The number of aliphatic hydroxyl groups is 1. The zero-order chi connectivity index (χ0) is 10.4. The van der Waals surface area contributed by atoms with Gasteiger partial charge in [-0.25, -0.2) is 14.8 Å². The summed E-state index contributed by atoms with van der Waals surface area (Å²) in [5, 5.41) is 17.1. The summed E-state index contributed by atoms with van der Waals surface area (Å²) in [6.07, 6.45) is 1.48. The van der Waals surface area contributed by atoms with Crippen molar-refractivity contribution in [3.8, 4) is 11.8 Å². The van der Waals surface area contributed by atoms with E-state index in [2.05, 4.69) is 21.8 Å². The quantitative estimate of drug-likeness (QED) is 0.640. The first-order valence-corrected chi connectivity index (χ1v) is 3.89. The smallest absolute Gasteiger partial charge is 0.354 e. The van der Waals surface area contributed by atoms with E-state index in [1.54, 1.807) is 0 Å². The second-order valence-corrected chi connectivity index (χ2v) is 2.37. The van der Waals surface area contributed by atoms with E-state index in [9.17, 15) is 4.79 Å². The van der Waals surface area contributed by atoms with E-state index in [1.807, 2.05) is 0 Å². The number of aliphatic hydroxyl groups excluding tert-OH is 1. The van der Waals surface area contributed by atoms with Crippen LogP contribution >= 0.6 is 0 Å². The summed E-state index contributed by atoms with van der Waals surface area (Å²) in [5.74, 6) is 4.14. The summed E-state index contributed by atoms with van der Waals surface area (Å²) in [6, 6.07) is 1.28. The molecule has 0 aromatic carbocycles. The maximum atomic E-state index is 10.5. The van der Waals surface area contributed by atoms with Crippen molar-refractivity contribution in [3.63, 3.8) is 0 Å². The topological polar surface area (TPSA) is 83.3 Å². The highest BCUT2D eigenvalue weighted by molar-refractivity contribution is 5.85. The van der Waals surface area contributed by atoms with Gasteiger partial charge >= 0.3 is 5.97 Å². The molecule has 0 atom stereocenters. The molecule has 5 heteroatoms. The Labute approximate surface area is 80.4 Å². The lowest BCUT2D eigenvalue weighted by Crippen LogP contribution is -2.01. The van der Waals surface area contributed by atoms with Gasteiger partial charge in [0.1, 0.15) is 12.0 Å². The lowest BCUT2D eigenvalue weighted by atomic mass is 10.3. The minimum atomic E-state index is -1.11. The summed E-state index contributed by atoms with van der Waals surface area (Å²) in [6.45, 7) is -0.0239. The number of hydrogen-bond acceptors (Lipinski definition) is 4. The first-order chi connectivity index (χ1) is 6.74. The van der Waals surface area contributed by atoms with E-state index in [1.165, 1.54) is 6.07 Å². The normalized spacial score (nSPS) is 8.93. The zero-order valence-electron chi connectivity index (χ0n) is 7.27. The fourth-order valence-electron chi connectivity index (χ4n) is 0.752. The van der Waals surface area contributed by atoms with E-state index in [-0.39, 0.29) is 12.3 Å². The Bertz CT molecular complexity index is 393. The Morgan fingerprint density at radius 3 is 2.93 bits per heavy atom. The third-order valence-electron chi connectivity index (χ3n) is 1.34. The molecule has 0 spiro atoms. The summed E-state index contributed by atoms with van der Waals surface area (Å²) >= 11 is 0. The van der Waals surface area contributed by atoms with Crippen molar-refractivity contribution >= 4 is 5.97 Å². The highest BCUT2D eigenvalue weighted by atomic mass is 16.4. The summed E-state index contributed by atoms with van der Waals surface area (Å²) in [5.41, 5.74) is 0.249. The van der Waals surface area contributed by atoms with E-state index >= 15 is 0 Å². The summed E-state index contributed by atoms with van der Waals surface area (Å²) in [4.78, 5) is 17.8. The van der Waals surface area contributed by atoms with E-state index in [0.717, 1.165) is 6.33 Å². The molecule has 1 rings (SSSR count). The molecule has 0 saturated heterocycles. The van der Waals surface area contributed by atoms with Crippen LogP contribution in [0.4, 0.5) is 0 Å². The van der Waals surface area contributed by atoms with Crippen LogP contribution in [0.3, 0.4) is 0 Å². The molecule has 0 amide bonds. The van der Waals surface area contributed by atoms with Gasteiger partial charge in [-0.1, -0.05) is 5.92 Å². The number of rotatable bonds is 2. The van der Waals surface area contributed by atoms with Gasteiger partial charge in [0, 0.05) is 12.5 Å². The van der Waals surface area contributed by atoms with Crippen molar-refractivity contribution in [2.45, 2.75) is 6.42 Å². The summed E-state index contributed by atoms with van der Waals surface area (Å²) in [7, 11) is 0. The van der Waals surface area contributed by atoms with Crippen LogP contribution in [0, 0.1) is 11.8 Å². The van der Waals surface area contributed by atoms with Crippen LogP contribution in [0.5, 0.6) is 0 Å². The van der Waals surface area contributed by atoms with Gasteiger partial charge in [0.25, 0.3) is 0 Å². The Morgan fingerprint density at radius 2 is 2.29 bits per heavy atom. The van der Waals surface area contributed by atoms with Crippen LogP contribution in [0.1, 0.15) is 22.6 Å². The molecule has 1 aromatic rings. The van der Waals surface area contributed by atoms with Crippen molar-refractivity contribution in [1.82, 2.24) is 9.97 Å². The predicted molar refractivity (Wildman–Crippen MR) is 47.6 cm³/mol. The molecule has 0 aliphatic heterocycles. The van der Waals surface area contributed by atoms with Gasteiger partial charge < -0.3 is 10.2 Å². The monoisotopic (exact) mass is 192 g/mol. The first kappa shape index (κ1) is 10.2. The van der Waals surface area contributed by atoms with Gasteiger partial charge in [0.2, 0.25) is 0 Å². The van der Waals surface area contributed by atoms with Gasteiger partial charge in [0.15, 0.2) is 5.69 Å². The standard InChI is InChI=1S/C9H8N2O3/c12-4-2-1-3-7-5-8(9(13)14)11-6-10-7/h5-6,12H,2,4H2,(H,13,14). The predicted octanol–water partition coefficient (Wildman–Crippen LogP) is -0.0913. The second kappa shape index (κ2) is 4.94. The number of carboxylic acids is 1. The molecule has 0 fully saturated rings. The number of carbonyl (C=O) groups is 1. The molecule has 0 aliphatic rings. The minimum Gasteiger partial charge on any atom is -0.477 e. The van der Waals surface area contributed by atoms with Crippen molar-refractivity contribution in [1.29, 1.82) is 0 Å². The largest absolute Gasteiger partial charge is 0.477 e. The van der Waals surface area contributed by atoms with Gasteiger partial charge in [-0.05, 0) is 5.92 Å². The fraction of sp³-hybridized carbons (Fsp3) is 0.222. The van der Waals surface area contributed by atoms with Crippen LogP contribution in [-0.2, 0) is 0 Å². The Hall–Kier alpha value is -1.93. The number of aromatic carboxylic acids is 1. The van der Waals surface area contributed by atoms with Gasteiger partial charge in [-0.15, -0.1) is 0 Å². The highest BCUT2D eigenvalue weighted by Gasteiger charge is 2.03. The molecule has 0 radical (unpaired) electrons. The van der Waals surface area contributed by atoms with Crippen molar-refractivity contribution in [2.24, 2.45) is 0 Å². The lowest BCUT2D eigenvalue weighted by Gasteiger charge is -1.92. The molecular formula is C9H8N2O3. The van der Waals surface area contributed by atoms with E-state index < -0.39 is 5.97 Å². The van der Waals surface area contributed by atoms with Crippen molar-refractivity contribution < 1.29 is 15.0 Å². The van der Waals surface area contributed by atoms with Crippen molar-refractivity contribution in [2.75, 3.05) is 6.61 Å². The van der Waals surface area contributed by atoms with Crippen LogP contribution in [0.2, 0.25) is 0 Å². The summed E-state index contributed by atoms with van der Waals surface area (Å²) < 4.78 is 0. The average Bonchev–Trinajstić information content (AvgIpc) is 2.19. The maximum absolute atomic E-state index is 10.5. The molecule has 0 bridgehead atoms. The van der Waals surface area contributed by atoms with Gasteiger partial charge in [0.05, 0.1) is 6.61 Å². The first-order valence-electron chi connectivity index (χ1n) is 3.89. The van der Waals surface area contributed by atoms with Crippen molar-refractivity contribution in [3.05, 3.63) is 23.8 Å². The molecular weight excluding hydrogens is 184 g/mol. The molecule has 0 saturated carbocycles. The molecule has 0 unspecified atom stereocenters. The van der Waals surface area contributed by atoms with Crippen LogP contribution < -0.4 is 0 Å². The van der Waals surface area contributed by atoms with E-state index in [4.69, 9.17) is 10.2 Å². The highest BCUT2D eigenvalue weighted by Crippen LogP contribution is 1.96. The number of aromatic nitrogens is 2. The van der Waals surface area contributed by atoms with Gasteiger partial charge in [-0.3, -0.25) is 0 Å². The fourth-order valence-corrected chi connectivity index (χ4v) is 0.752. The van der Waals surface area contributed by atoms with Gasteiger partial charge in [-0.2, -0.15) is 0 Å². The van der Waals surface area contributed by atoms with Crippen LogP contribution in [-0.4, -0.2) is 32.8 Å². The molecule has 5 nitrogen and oxygen atoms in total.